The quantitative estimate of drug-likeness (QED) is 0.770. The molecule has 1 amide bonds. The molecule has 0 aromatic heterocycles. The van der Waals surface area contributed by atoms with E-state index in [4.69, 9.17) is 4.74 Å². The van der Waals surface area contributed by atoms with E-state index in [0.717, 1.165) is 25.0 Å². The molecule has 0 saturated heterocycles. The number of nitrogens with one attached hydrogen (secondary N) is 1. The summed E-state index contributed by atoms with van der Waals surface area (Å²) < 4.78 is 5.59. The van der Waals surface area contributed by atoms with Crippen LogP contribution in [0.1, 0.15) is 62.2 Å². The van der Waals surface area contributed by atoms with Crippen LogP contribution in [0.2, 0.25) is 0 Å². The molecule has 128 valence electrons. The maximum atomic E-state index is 12.6. The highest BCUT2D eigenvalue weighted by atomic mass is 16.5. The van der Waals surface area contributed by atoms with Crippen molar-refractivity contribution in [3.05, 3.63) is 29.8 Å². The van der Waals surface area contributed by atoms with Crippen molar-refractivity contribution in [2.24, 2.45) is 5.92 Å². The van der Waals surface area contributed by atoms with E-state index in [1.807, 2.05) is 18.2 Å². The molecule has 0 radical (unpaired) electrons. The SMILES string of the molecule is CCCOc1cccc(C(=O)N[C@@H](CCO)C2CCCCC2)c1. The number of aliphatic hydroxyl groups is 1. The number of hydrogen-bond donors (Lipinski definition) is 2. The van der Waals surface area contributed by atoms with Crippen molar-refractivity contribution in [3.8, 4) is 5.75 Å². The topological polar surface area (TPSA) is 58.6 Å². The standard InChI is InChI=1S/C19H29NO3/c1-2-13-23-17-10-6-9-16(14-17)19(22)20-18(11-12-21)15-7-4-3-5-8-15/h6,9-10,14-15,18,21H,2-5,7-8,11-13H2,1H3,(H,20,22)/t18-/m0/s1. The van der Waals surface area contributed by atoms with Crippen LogP contribution in [0.5, 0.6) is 5.75 Å². The van der Waals surface area contributed by atoms with E-state index in [2.05, 4.69) is 12.2 Å². The molecule has 4 nitrogen and oxygen atoms in total. The number of ether oxygens (including phenoxy) is 1. The number of carbonyl (C=O) groups excluding carboxylic acids is 1. The monoisotopic (exact) mass is 319 g/mol. The maximum absolute atomic E-state index is 12.6. The van der Waals surface area contributed by atoms with Gasteiger partial charge in [-0.25, -0.2) is 0 Å². The molecule has 1 aromatic carbocycles. The first-order valence-electron chi connectivity index (χ1n) is 8.89. The Balaban J connectivity index is 1.99. The Labute approximate surface area is 139 Å². The van der Waals surface area contributed by atoms with Gasteiger partial charge < -0.3 is 15.2 Å². The van der Waals surface area contributed by atoms with Crippen LogP contribution in [0.25, 0.3) is 0 Å². The van der Waals surface area contributed by atoms with Gasteiger partial charge in [-0.05, 0) is 49.8 Å². The summed E-state index contributed by atoms with van der Waals surface area (Å²) >= 11 is 0. The zero-order chi connectivity index (χ0) is 16.5. The molecule has 1 aliphatic rings. The number of amides is 1. The maximum Gasteiger partial charge on any atom is 0.251 e. The van der Waals surface area contributed by atoms with Crippen LogP contribution in [-0.2, 0) is 0 Å². The van der Waals surface area contributed by atoms with E-state index in [0.29, 0.717) is 24.5 Å². The van der Waals surface area contributed by atoms with Crippen molar-refractivity contribution < 1.29 is 14.6 Å². The zero-order valence-electron chi connectivity index (χ0n) is 14.1. The molecule has 1 aromatic rings. The Morgan fingerprint density at radius 2 is 2.13 bits per heavy atom. The Morgan fingerprint density at radius 3 is 2.83 bits per heavy atom. The summed E-state index contributed by atoms with van der Waals surface area (Å²) in [4.78, 5) is 12.6. The predicted molar refractivity (Wildman–Crippen MR) is 91.8 cm³/mol. The van der Waals surface area contributed by atoms with Crippen molar-refractivity contribution in [3.63, 3.8) is 0 Å². The van der Waals surface area contributed by atoms with Gasteiger partial charge in [-0.2, -0.15) is 0 Å². The van der Waals surface area contributed by atoms with Gasteiger partial charge in [0.1, 0.15) is 5.75 Å². The summed E-state index contributed by atoms with van der Waals surface area (Å²) in [5.74, 6) is 1.14. The fraction of sp³-hybridized carbons (Fsp3) is 0.632. The molecule has 1 atom stereocenters. The molecule has 0 aliphatic heterocycles. The van der Waals surface area contributed by atoms with E-state index in [1.54, 1.807) is 6.07 Å². The van der Waals surface area contributed by atoms with Gasteiger partial charge in [0.05, 0.1) is 6.61 Å². The molecular weight excluding hydrogens is 290 g/mol. The molecule has 0 spiro atoms. The third kappa shape index (κ3) is 5.54. The highest BCUT2D eigenvalue weighted by molar-refractivity contribution is 5.94. The summed E-state index contributed by atoms with van der Waals surface area (Å²) in [6.45, 7) is 2.82. The molecule has 0 heterocycles. The second kappa shape index (κ2) is 9.56. The lowest BCUT2D eigenvalue weighted by Crippen LogP contribution is -2.41. The molecule has 1 saturated carbocycles. The fourth-order valence-corrected chi connectivity index (χ4v) is 3.30. The third-order valence-corrected chi connectivity index (χ3v) is 4.54. The van der Waals surface area contributed by atoms with Gasteiger partial charge >= 0.3 is 0 Å². The molecule has 0 unspecified atom stereocenters. The largest absolute Gasteiger partial charge is 0.494 e. The number of rotatable bonds is 8. The van der Waals surface area contributed by atoms with Crippen molar-refractivity contribution >= 4 is 5.91 Å². The van der Waals surface area contributed by atoms with E-state index in [-0.39, 0.29) is 18.6 Å². The Morgan fingerprint density at radius 1 is 1.35 bits per heavy atom. The van der Waals surface area contributed by atoms with Crippen LogP contribution in [-0.4, -0.2) is 30.3 Å². The normalized spacial score (nSPS) is 16.8. The summed E-state index contributed by atoms with van der Waals surface area (Å²) in [6, 6.07) is 7.39. The average Bonchev–Trinajstić information content (AvgIpc) is 2.60. The zero-order valence-corrected chi connectivity index (χ0v) is 14.1. The van der Waals surface area contributed by atoms with E-state index in [1.165, 1.54) is 19.3 Å². The van der Waals surface area contributed by atoms with Crippen LogP contribution < -0.4 is 10.1 Å². The third-order valence-electron chi connectivity index (χ3n) is 4.54. The predicted octanol–water partition coefficient (Wildman–Crippen LogP) is 3.54. The molecule has 2 N–H and O–H groups in total. The minimum atomic E-state index is -0.0732. The second-order valence-electron chi connectivity index (χ2n) is 6.37. The number of hydrogen-bond acceptors (Lipinski definition) is 3. The first-order chi connectivity index (χ1) is 11.2. The Bertz CT molecular complexity index is 483. The summed E-state index contributed by atoms with van der Waals surface area (Å²) in [6.07, 6.45) is 7.59. The van der Waals surface area contributed by atoms with Gasteiger partial charge in [-0.15, -0.1) is 0 Å². The van der Waals surface area contributed by atoms with E-state index < -0.39 is 0 Å². The van der Waals surface area contributed by atoms with Crippen molar-refractivity contribution in [1.29, 1.82) is 0 Å². The number of aliphatic hydroxyl groups excluding tert-OH is 1. The molecule has 4 heteroatoms. The highest BCUT2D eigenvalue weighted by Gasteiger charge is 2.25. The van der Waals surface area contributed by atoms with Crippen LogP contribution in [0, 0.1) is 5.92 Å². The fourth-order valence-electron chi connectivity index (χ4n) is 3.30. The van der Waals surface area contributed by atoms with E-state index >= 15 is 0 Å². The lowest BCUT2D eigenvalue weighted by Gasteiger charge is -2.30. The minimum Gasteiger partial charge on any atom is -0.494 e. The van der Waals surface area contributed by atoms with Crippen LogP contribution in [0.4, 0.5) is 0 Å². The molecular formula is C19H29NO3. The molecule has 0 bridgehead atoms. The molecule has 23 heavy (non-hydrogen) atoms. The van der Waals surface area contributed by atoms with Crippen molar-refractivity contribution in [2.75, 3.05) is 13.2 Å². The first kappa shape index (κ1) is 17.8. The van der Waals surface area contributed by atoms with Crippen molar-refractivity contribution in [2.45, 2.75) is 57.9 Å². The van der Waals surface area contributed by atoms with E-state index in [9.17, 15) is 9.90 Å². The van der Waals surface area contributed by atoms with Crippen LogP contribution in [0.3, 0.4) is 0 Å². The Hall–Kier alpha value is -1.55. The number of benzene rings is 1. The average molecular weight is 319 g/mol. The van der Waals surface area contributed by atoms with Gasteiger partial charge in [-0.3, -0.25) is 4.79 Å². The van der Waals surface area contributed by atoms with Gasteiger partial charge in [0.25, 0.3) is 5.91 Å². The highest BCUT2D eigenvalue weighted by Crippen LogP contribution is 2.28. The second-order valence-corrected chi connectivity index (χ2v) is 6.37. The smallest absolute Gasteiger partial charge is 0.251 e. The summed E-state index contributed by atoms with van der Waals surface area (Å²) in [7, 11) is 0. The molecule has 2 rings (SSSR count). The summed E-state index contributed by atoms with van der Waals surface area (Å²) in [5.41, 5.74) is 0.623. The minimum absolute atomic E-state index is 0.0630. The molecule has 1 fully saturated rings. The first-order valence-corrected chi connectivity index (χ1v) is 8.89. The number of carbonyl (C=O) groups is 1. The molecule has 1 aliphatic carbocycles. The van der Waals surface area contributed by atoms with Crippen LogP contribution in [0.15, 0.2) is 24.3 Å². The lowest BCUT2D eigenvalue weighted by atomic mass is 9.82. The lowest BCUT2D eigenvalue weighted by molar-refractivity contribution is 0.0899. The van der Waals surface area contributed by atoms with Crippen molar-refractivity contribution in [1.82, 2.24) is 5.32 Å². The van der Waals surface area contributed by atoms with Gasteiger partial charge in [0, 0.05) is 18.2 Å². The Kier molecular flexibility index (Phi) is 7.40. The van der Waals surface area contributed by atoms with Gasteiger partial charge in [-0.1, -0.05) is 32.3 Å². The van der Waals surface area contributed by atoms with Gasteiger partial charge in [0.2, 0.25) is 0 Å². The van der Waals surface area contributed by atoms with Gasteiger partial charge in [0.15, 0.2) is 0 Å². The van der Waals surface area contributed by atoms with Crippen LogP contribution >= 0.6 is 0 Å². The summed E-state index contributed by atoms with van der Waals surface area (Å²) in [5, 5.41) is 12.5.